The largest absolute Gasteiger partial charge is 0.497 e. The third-order valence-corrected chi connectivity index (χ3v) is 3.71. The van der Waals surface area contributed by atoms with Crippen molar-refractivity contribution >= 4 is 15.9 Å². The molecular weight excluding hydrogens is 328 g/mol. The Bertz CT molecular complexity index is 599. The summed E-state index contributed by atoms with van der Waals surface area (Å²) in [5, 5.41) is 3.06. The van der Waals surface area contributed by atoms with Gasteiger partial charge >= 0.3 is 0 Å². The molecule has 0 saturated heterocycles. The highest BCUT2D eigenvalue weighted by Gasteiger charge is 2.17. The Hall–Kier alpha value is -1.46. The van der Waals surface area contributed by atoms with Crippen LogP contribution in [0.1, 0.15) is 17.2 Å². The molecule has 0 aliphatic rings. The highest BCUT2D eigenvalue weighted by molar-refractivity contribution is 9.10. The van der Waals surface area contributed by atoms with Crippen LogP contribution in [-0.2, 0) is 0 Å². The summed E-state index contributed by atoms with van der Waals surface area (Å²) in [6, 6.07) is 8.66. The lowest BCUT2D eigenvalue weighted by molar-refractivity contribution is 0.414. The van der Waals surface area contributed by atoms with Crippen molar-refractivity contribution in [1.82, 2.24) is 5.32 Å². The molecule has 0 aliphatic heterocycles. The lowest BCUT2D eigenvalue weighted by atomic mass is 9.98. The van der Waals surface area contributed by atoms with Gasteiger partial charge in [-0.05, 0) is 42.4 Å². The fourth-order valence-corrected chi connectivity index (χ4v) is 2.70. The van der Waals surface area contributed by atoms with Crippen LogP contribution in [0, 0.1) is 11.6 Å². The minimum Gasteiger partial charge on any atom is -0.497 e. The van der Waals surface area contributed by atoms with Crippen LogP contribution in [0.15, 0.2) is 40.9 Å². The number of halogens is 3. The molecule has 0 saturated carbocycles. The second-order valence-electron chi connectivity index (χ2n) is 4.31. The van der Waals surface area contributed by atoms with Gasteiger partial charge in [0.15, 0.2) is 0 Å². The van der Waals surface area contributed by atoms with Crippen LogP contribution in [0.2, 0.25) is 0 Å². The normalized spacial score (nSPS) is 12.2. The molecule has 106 valence electrons. The minimum absolute atomic E-state index is 0.319. The zero-order chi connectivity index (χ0) is 14.7. The molecule has 0 spiro atoms. The molecule has 0 fully saturated rings. The minimum atomic E-state index is -0.593. The van der Waals surface area contributed by atoms with Crippen molar-refractivity contribution in [3.05, 3.63) is 63.6 Å². The van der Waals surface area contributed by atoms with E-state index in [0.717, 1.165) is 16.1 Å². The molecule has 0 bridgehead atoms. The third-order valence-electron chi connectivity index (χ3n) is 3.03. The van der Waals surface area contributed by atoms with Gasteiger partial charge in [0.25, 0.3) is 0 Å². The molecule has 0 radical (unpaired) electrons. The zero-order valence-corrected chi connectivity index (χ0v) is 12.7. The first-order valence-corrected chi connectivity index (χ1v) is 6.81. The van der Waals surface area contributed by atoms with Gasteiger partial charge in [0.1, 0.15) is 17.4 Å². The predicted molar refractivity (Wildman–Crippen MR) is 78.0 cm³/mol. The quantitative estimate of drug-likeness (QED) is 0.905. The van der Waals surface area contributed by atoms with Crippen LogP contribution in [0.4, 0.5) is 8.78 Å². The van der Waals surface area contributed by atoms with Crippen molar-refractivity contribution in [2.45, 2.75) is 6.04 Å². The van der Waals surface area contributed by atoms with Crippen LogP contribution in [-0.4, -0.2) is 14.2 Å². The standard InChI is InChI=1S/C15H14BrF2NO/c1-19-15(9-5-10(17)7-11(18)6-9)13-4-3-12(20-2)8-14(13)16/h3-8,15,19H,1-2H3. The summed E-state index contributed by atoms with van der Waals surface area (Å²) in [5.74, 6) is -0.476. The fourth-order valence-electron chi connectivity index (χ4n) is 2.11. The number of hydrogen-bond acceptors (Lipinski definition) is 2. The second-order valence-corrected chi connectivity index (χ2v) is 5.17. The van der Waals surface area contributed by atoms with Crippen molar-refractivity contribution in [2.75, 3.05) is 14.2 Å². The maximum Gasteiger partial charge on any atom is 0.126 e. The molecule has 0 amide bonds. The summed E-state index contributed by atoms with van der Waals surface area (Å²) in [7, 11) is 3.32. The number of benzene rings is 2. The molecule has 1 atom stereocenters. The maximum absolute atomic E-state index is 13.4. The molecule has 0 aliphatic carbocycles. The average Bonchev–Trinajstić information content (AvgIpc) is 2.40. The summed E-state index contributed by atoms with van der Waals surface area (Å²) in [4.78, 5) is 0. The molecular formula is C15H14BrF2NO. The smallest absolute Gasteiger partial charge is 0.126 e. The van der Waals surface area contributed by atoms with E-state index in [1.165, 1.54) is 12.1 Å². The van der Waals surface area contributed by atoms with Gasteiger partial charge in [0, 0.05) is 10.5 Å². The average molecular weight is 342 g/mol. The van der Waals surface area contributed by atoms with E-state index in [2.05, 4.69) is 21.2 Å². The molecule has 2 nitrogen and oxygen atoms in total. The van der Waals surface area contributed by atoms with E-state index in [0.29, 0.717) is 11.3 Å². The van der Waals surface area contributed by atoms with Crippen molar-refractivity contribution in [3.63, 3.8) is 0 Å². The van der Waals surface area contributed by atoms with E-state index in [-0.39, 0.29) is 6.04 Å². The van der Waals surface area contributed by atoms with E-state index < -0.39 is 11.6 Å². The summed E-state index contributed by atoms with van der Waals surface area (Å²) >= 11 is 3.46. The molecule has 1 unspecified atom stereocenters. The molecule has 2 rings (SSSR count). The first kappa shape index (κ1) is 14.9. The van der Waals surface area contributed by atoms with Gasteiger partial charge in [-0.3, -0.25) is 0 Å². The van der Waals surface area contributed by atoms with E-state index in [4.69, 9.17) is 4.74 Å². The number of hydrogen-bond donors (Lipinski definition) is 1. The van der Waals surface area contributed by atoms with E-state index in [1.54, 1.807) is 20.2 Å². The SMILES string of the molecule is CNC(c1cc(F)cc(F)c1)c1ccc(OC)cc1Br. The molecule has 20 heavy (non-hydrogen) atoms. The van der Waals surface area contributed by atoms with E-state index >= 15 is 0 Å². The Morgan fingerprint density at radius 2 is 1.75 bits per heavy atom. The summed E-state index contributed by atoms with van der Waals surface area (Å²) in [5.41, 5.74) is 1.40. The number of rotatable bonds is 4. The predicted octanol–water partition coefficient (Wildman–Crippen LogP) is 4.04. The van der Waals surface area contributed by atoms with Crippen molar-refractivity contribution in [3.8, 4) is 5.75 Å². The number of methoxy groups -OCH3 is 1. The highest BCUT2D eigenvalue weighted by atomic mass is 79.9. The number of ether oxygens (including phenoxy) is 1. The van der Waals surface area contributed by atoms with Crippen LogP contribution in [0.5, 0.6) is 5.75 Å². The zero-order valence-electron chi connectivity index (χ0n) is 11.1. The van der Waals surface area contributed by atoms with E-state index in [1.807, 2.05) is 12.1 Å². The van der Waals surface area contributed by atoms with E-state index in [9.17, 15) is 8.78 Å². The Labute approximate surface area is 124 Å². The Morgan fingerprint density at radius 1 is 1.10 bits per heavy atom. The van der Waals surface area contributed by atoms with Gasteiger partial charge < -0.3 is 10.1 Å². The van der Waals surface area contributed by atoms with Gasteiger partial charge in [-0.1, -0.05) is 22.0 Å². The van der Waals surface area contributed by atoms with Gasteiger partial charge in [-0.25, -0.2) is 8.78 Å². The van der Waals surface area contributed by atoms with Gasteiger partial charge in [0.2, 0.25) is 0 Å². The van der Waals surface area contributed by atoms with Gasteiger partial charge in [0.05, 0.1) is 13.2 Å². The van der Waals surface area contributed by atoms with Gasteiger partial charge in [-0.2, -0.15) is 0 Å². The topological polar surface area (TPSA) is 21.3 Å². The molecule has 5 heteroatoms. The van der Waals surface area contributed by atoms with Crippen LogP contribution in [0.3, 0.4) is 0 Å². The second kappa shape index (κ2) is 6.33. The Balaban J connectivity index is 2.46. The van der Waals surface area contributed by atoms with Crippen LogP contribution in [0.25, 0.3) is 0 Å². The van der Waals surface area contributed by atoms with Crippen LogP contribution >= 0.6 is 15.9 Å². The van der Waals surface area contributed by atoms with Crippen LogP contribution < -0.4 is 10.1 Å². The molecule has 1 N–H and O–H groups in total. The lowest BCUT2D eigenvalue weighted by Gasteiger charge is -2.19. The monoisotopic (exact) mass is 341 g/mol. The summed E-state index contributed by atoms with van der Waals surface area (Å²) in [6.45, 7) is 0. The van der Waals surface area contributed by atoms with Crippen molar-refractivity contribution in [1.29, 1.82) is 0 Å². The molecule has 0 aromatic heterocycles. The maximum atomic E-state index is 13.4. The molecule has 0 heterocycles. The summed E-state index contributed by atoms with van der Waals surface area (Å²) in [6.07, 6.45) is 0. The first-order valence-electron chi connectivity index (χ1n) is 6.02. The van der Waals surface area contributed by atoms with Crippen molar-refractivity contribution in [2.24, 2.45) is 0 Å². The Kier molecular flexibility index (Phi) is 4.73. The van der Waals surface area contributed by atoms with Gasteiger partial charge in [-0.15, -0.1) is 0 Å². The first-order chi connectivity index (χ1) is 9.55. The highest BCUT2D eigenvalue weighted by Crippen LogP contribution is 2.31. The lowest BCUT2D eigenvalue weighted by Crippen LogP contribution is -2.18. The Morgan fingerprint density at radius 3 is 2.25 bits per heavy atom. The summed E-state index contributed by atoms with van der Waals surface area (Å²) < 4.78 is 32.7. The molecule has 2 aromatic carbocycles. The fraction of sp³-hybridized carbons (Fsp3) is 0.200. The van der Waals surface area contributed by atoms with Crippen molar-refractivity contribution < 1.29 is 13.5 Å². The third kappa shape index (κ3) is 3.16. The number of nitrogens with one attached hydrogen (secondary N) is 1. The molecule has 2 aromatic rings.